The fraction of sp³-hybridized carbons (Fsp3) is 0.350. The number of urea groups is 1. The van der Waals surface area contributed by atoms with Gasteiger partial charge in [0.05, 0.1) is 6.54 Å². The van der Waals surface area contributed by atoms with Crippen LogP contribution in [0.2, 0.25) is 0 Å². The highest BCUT2D eigenvalue weighted by atomic mass is 16.5. The van der Waals surface area contributed by atoms with Crippen LogP contribution in [0.5, 0.6) is 5.75 Å². The van der Waals surface area contributed by atoms with E-state index >= 15 is 0 Å². The molecule has 2 amide bonds. The van der Waals surface area contributed by atoms with E-state index in [-0.39, 0.29) is 6.03 Å². The van der Waals surface area contributed by atoms with E-state index in [1.807, 2.05) is 41.3 Å². The van der Waals surface area contributed by atoms with E-state index < -0.39 is 0 Å². The van der Waals surface area contributed by atoms with E-state index in [1.54, 1.807) is 0 Å². The van der Waals surface area contributed by atoms with Crippen LogP contribution in [0.15, 0.2) is 54.6 Å². The SMILES string of the molecule is CC1CCN(C(=O)NCCOc2ccccc2-c2ccccc2)C1. The standard InChI is InChI=1S/C20H24N2O2/c1-16-11-13-22(15-16)20(23)21-12-14-24-19-10-6-5-9-18(19)17-7-3-2-4-8-17/h2-10,16H,11-15H2,1H3,(H,21,23). The molecular weight excluding hydrogens is 300 g/mol. The molecule has 0 aliphatic carbocycles. The molecule has 2 aromatic rings. The largest absolute Gasteiger partial charge is 0.491 e. The first-order valence-electron chi connectivity index (χ1n) is 8.54. The molecule has 1 N–H and O–H groups in total. The summed E-state index contributed by atoms with van der Waals surface area (Å²) in [6, 6.07) is 18.2. The van der Waals surface area contributed by atoms with Gasteiger partial charge in [-0.3, -0.25) is 0 Å². The molecular formula is C20H24N2O2. The summed E-state index contributed by atoms with van der Waals surface area (Å²) >= 11 is 0. The Morgan fingerprint density at radius 3 is 2.67 bits per heavy atom. The van der Waals surface area contributed by atoms with Gasteiger partial charge in [0.2, 0.25) is 0 Å². The molecule has 1 aliphatic rings. The quantitative estimate of drug-likeness (QED) is 0.850. The Hall–Kier alpha value is -2.49. The molecule has 0 bridgehead atoms. The first-order chi connectivity index (χ1) is 11.7. The number of hydrogen-bond acceptors (Lipinski definition) is 2. The molecule has 126 valence electrons. The summed E-state index contributed by atoms with van der Waals surface area (Å²) in [7, 11) is 0. The van der Waals surface area contributed by atoms with Gasteiger partial charge in [-0.05, 0) is 24.0 Å². The second kappa shape index (κ2) is 7.86. The minimum Gasteiger partial charge on any atom is -0.491 e. The summed E-state index contributed by atoms with van der Waals surface area (Å²) in [4.78, 5) is 13.9. The van der Waals surface area contributed by atoms with Crippen molar-refractivity contribution in [3.63, 3.8) is 0 Å². The van der Waals surface area contributed by atoms with Crippen LogP contribution in [-0.2, 0) is 0 Å². The lowest BCUT2D eigenvalue weighted by molar-refractivity contribution is 0.204. The third kappa shape index (κ3) is 4.07. The minimum atomic E-state index is 0.0132. The highest BCUT2D eigenvalue weighted by molar-refractivity contribution is 5.74. The van der Waals surface area contributed by atoms with Crippen molar-refractivity contribution in [3.8, 4) is 16.9 Å². The number of ether oxygens (including phenoxy) is 1. The van der Waals surface area contributed by atoms with Gasteiger partial charge in [-0.2, -0.15) is 0 Å². The topological polar surface area (TPSA) is 41.6 Å². The zero-order chi connectivity index (χ0) is 16.8. The molecule has 0 spiro atoms. The van der Waals surface area contributed by atoms with Crippen LogP contribution in [0.4, 0.5) is 4.79 Å². The number of carbonyl (C=O) groups is 1. The summed E-state index contributed by atoms with van der Waals surface area (Å²) < 4.78 is 5.89. The maximum atomic E-state index is 12.0. The Kier molecular flexibility index (Phi) is 5.36. The third-order valence-corrected chi connectivity index (χ3v) is 4.32. The number of nitrogens with zero attached hydrogens (tertiary/aromatic N) is 1. The summed E-state index contributed by atoms with van der Waals surface area (Å²) in [6.07, 6.45) is 1.09. The van der Waals surface area contributed by atoms with Crippen molar-refractivity contribution in [2.45, 2.75) is 13.3 Å². The van der Waals surface area contributed by atoms with Gasteiger partial charge in [-0.15, -0.1) is 0 Å². The monoisotopic (exact) mass is 324 g/mol. The molecule has 3 rings (SSSR count). The molecule has 0 aromatic heterocycles. The lowest BCUT2D eigenvalue weighted by atomic mass is 10.1. The first kappa shape index (κ1) is 16.4. The molecule has 1 fully saturated rings. The van der Waals surface area contributed by atoms with Gasteiger partial charge in [0.1, 0.15) is 12.4 Å². The van der Waals surface area contributed by atoms with Gasteiger partial charge < -0.3 is 15.0 Å². The first-order valence-corrected chi connectivity index (χ1v) is 8.54. The Labute approximate surface area is 143 Å². The number of benzene rings is 2. The van der Waals surface area contributed by atoms with Gasteiger partial charge in [0.15, 0.2) is 0 Å². The van der Waals surface area contributed by atoms with E-state index in [2.05, 4.69) is 30.4 Å². The van der Waals surface area contributed by atoms with Crippen LogP contribution in [0, 0.1) is 5.92 Å². The molecule has 1 aliphatic heterocycles. The lowest BCUT2D eigenvalue weighted by Gasteiger charge is -2.17. The predicted octanol–water partition coefficient (Wildman–Crippen LogP) is 3.78. The summed E-state index contributed by atoms with van der Waals surface area (Å²) in [5.41, 5.74) is 2.20. The van der Waals surface area contributed by atoms with Crippen LogP contribution in [-0.4, -0.2) is 37.2 Å². The maximum absolute atomic E-state index is 12.0. The van der Waals surface area contributed by atoms with Crippen molar-refractivity contribution >= 4 is 6.03 Å². The van der Waals surface area contributed by atoms with E-state index in [0.29, 0.717) is 19.1 Å². The van der Waals surface area contributed by atoms with Crippen molar-refractivity contribution in [3.05, 3.63) is 54.6 Å². The van der Waals surface area contributed by atoms with Crippen molar-refractivity contribution in [1.82, 2.24) is 10.2 Å². The van der Waals surface area contributed by atoms with Gasteiger partial charge in [0.25, 0.3) is 0 Å². The third-order valence-electron chi connectivity index (χ3n) is 4.32. The Balaban J connectivity index is 1.51. The van der Waals surface area contributed by atoms with Crippen molar-refractivity contribution in [1.29, 1.82) is 0 Å². The number of nitrogens with one attached hydrogen (secondary N) is 1. The van der Waals surface area contributed by atoms with Crippen molar-refractivity contribution in [2.75, 3.05) is 26.2 Å². The lowest BCUT2D eigenvalue weighted by Crippen LogP contribution is -2.40. The fourth-order valence-electron chi connectivity index (χ4n) is 3.00. The number of likely N-dealkylation sites (tertiary alicyclic amines) is 1. The number of hydrogen-bond donors (Lipinski definition) is 1. The minimum absolute atomic E-state index is 0.0132. The second-order valence-electron chi connectivity index (χ2n) is 6.28. The zero-order valence-electron chi connectivity index (χ0n) is 14.1. The van der Waals surface area contributed by atoms with E-state index in [0.717, 1.165) is 36.4 Å². The number of para-hydroxylation sites is 1. The van der Waals surface area contributed by atoms with Gasteiger partial charge in [0, 0.05) is 18.7 Å². The Morgan fingerprint density at radius 2 is 1.92 bits per heavy atom. The van der Waals surface area contributed by atoms with Crippen molar-refractivity contribution in [2.24, 2.45) is 5.92 Å². The highest BCUT2D eigenvalue weighted by Gasteiger charge is 2.22. The number of amides is 2. The van der Waals surface area contributed by atoms with Crippen LogP contribution in [0.1, 0.15) is 13.3 Å². The average Bonchev–Trinajstić information content (AvgIpc) is 3.06. The normalized spacial score (nSPS) is 16.9. The van der Waals surface area contributed by atoms with E-state index in [1.165, 1.54) is 0 Å². The summed E-state index contributed by atoms with van der Waals surface area (Å²) in [6.45, 7) is 4.84. The molecule has 1 heterocycles. The molecule has 0 saturated carbocycles. The molecule has 0 radical (unpaired) electrons. The smallest absolute Gasteiger partial charge is 0.317 e. The van der Waals surface area contributed by atoms with Crippen LogP contribution in [0.3, 0.4) is 0 Å². The zero-order valence-corrected chi connectivity index (χ0v) is 14.1. The summed E-state index contributed by atoms with van der Waals surface area (Å²) in [5, 5.41) is 2.94. The fourth-order valence-corrected chi connectivity index (χ4v) is 3.00. The van der Waals surface area contributed by atoms with E-state index in [9.17, 15) is 4.79 Å². The molecule has 1 saturated heterocycles. The molecule has 1 unspecified atom stereocenters. The van der Waals surface area contributed by atoms with Crippen molar-refractivity contribution < 1.29 is 9.53 Å². The number of rotatable bonds is 5. The van der Waals surface area contributed by atoms with Gasteiger partial charge in [-0.1, -0.05) is 55.5 Å². The summed E-state index contributed by atoms with van der Waals surface area (Å²) in [5.74, 6) is 1.44. The predicted molar refractivity (Wildman–Crippen MR) is 96.1 cm³/mol. The Morgan fingerprint density at radius 1 is 1.17 bits per heavy atom. The molecule has 24 heavy (non-hydrogen) atoms. The van der Waals surface area contributed by atoms with Crippen LogP contribution in [0.25, 0.3) is 11.1 Å². The van der Waals surface area contributed by atoms with Gasteiger partial charge >= 0.3 is 6.03 Å². The molecule has 1 atom stereocenters. The number of carbonyl (C=O) groups excluding carboxylic acids is 1. The van der Waals surface area contributed by atoms with Crippen LogP contribution >= 0.6 is 0 Å². The molecule has 2 aromatic carbocycles. The molecule has 4 nitrogen and oxygen atoms in total. The van der Waals surface area contributed by atoms with Crippen LogP contribution < -0.4 is 10.1 Å². The Bertz CT molecular complexity index is 672. The molecule has 4 heteroatoms. The average molecular weight is 324 g/mol. The van der Waals surface area contributed by atoms with Gasteiger partial charge in [-0.25, -0.2) is 4.79 Å². The highest BCUT2D eigenvalue weighted by Crippen LogP contribution is 2.29. The second-order valence-corrected chi connectivity index (χ2v) is 6.28. The maximum Gasteiger partial charge on any atom is 0.317 e. The van der Waals surface area contributed by atoms with E-state index in [4.69, 9.17) is 4.74 Å².